The molecule has 5 rings (SSSR count). The number of aromatic nitrogens is 3. The van der Waals surface area contributed by atoms with Crippen LogP contribution in [0.1, 0.15) is 62.4 Å². The van der Waals surface area contributed by atoms with Gasteiger partial charge in [0.2, 0.25) is 0 Å². The van der Waals surface area contributed by atoms with Crippen LogP contribution < -0.4 is 21.4 Å². The number of hydrogen-bond donors (Lipinski definition) is 4. The van der Waals surface area contributed by atoms with E-state index in [9.17, 15) is 27.6 Å². The van der Waals surface area contributed by atoms with Crippen molar-refractivity contribution in [1.29, 1.82) is 0 Å². The minimum absolute atomic E-state index is 0.00959. The van der Waals surface area contributed by atoms with Gasteiger partial charge in [0.1, 0.15) is 6.04 Å². The Kier molecular flexibility index (Phi) is 10.9. The maximum atomic E-state index is 13.4. The van der Waals surface area contributed by atoms with Gasteiger partial charge in [-0.25, -0.2) is 10.1 Å². The van der Waals surface area contributed by atoms with Crippen LogP contribution >= 0.6 is 11.6 Å². The lowest BCUT2D eigenvalue weighted by molar-refractivity contribution is -0.139. The monoisotopic (exact) mass is 696 g/mol. The summed E-state index contributed by atoms with van der Waals surface area (Å²) in [5.41, 5.74) is 9.45. The summed E-state index contributed by atoms with van der Waals surface area (Å²) < 4.78 is 41.3. The third kappa shape index (κ3) is 9.21. The van der Waals surface area contributed by atoms with E-state index in [-0.39, 0.29) is 29.8 Å². The molecule has 0 aliphatic carbocycles. The molecular formula is C33H32ClF3N8O4. The molecule has 0 spiro atoms. The molecule has 1 aliphatic rings. The predicted molar refractivity (Wildman–Crippen MR) is 177 cm³/mol. The Morgan fingerprint density at radius 1 is 1.04 bits per heavy atom. The first-order valence-corrected chi connectivity index (χ1v) is 15.6. The molecule has 1 fully saturated rings. The second-order valence-electron chi connectivity index (χ2n) is 11.4. The molecule has 3 aromatic carbocycles. The van der Waals surface area contributed by atoms with Crippen LogP contribution in [-0.4, -0.2) is 63.2 Å². The maximum Gasteiger partial charge on any atom is 0.417 e. The first kappa shape index (κ1) is 35.0. The summed E-state index contributed by atoms with van der Waals surface area (Å²) in [6, 6.07) is 13.9. The summed E-state index contributed by atoms with van der Waals surface area (Å²) in [7, 11) is 0. The van der Waals surface area contributed by atoms with E-state index >= 15 is 0 Å². The van der Waals surface area contributed by atoms with E-state index in [0.29, 0.717) is 16.8 Å². The number of anilines is 2. The van der Waals surface area contributed by atoms with Gasteiger partial charge in [-0.1, -0.05) is 35.0 Å². The summed E-state index contributed by atoms with van der Waals surface area (Å²) in [6.45, 7) is 1.84. The molecule has 2 heterocycles. The normalized spacial score (nSPS) is 14.1. The molecule has 0 bridgehead atoms. The predicted octanol–water partition coefficient (Wildman–Crippen LogP) is 4.96. The van der Waals surface area contributed by atoms with E-state index in [1.165, 1.54) is 10.7 Å². The summed E-state index contributed by atoms with van der Waals surface area (Å²) >= 11 is 5.70. The third-order valence-electron chi connectivity index (χ3n) is 7.76. The number of piperidine rings is 1. The van der Waals surface area contributed by atoms with E-state index in [4.69, 9.17) is 22.4 Å². The largest absolute Gasteiger partial charge is 0.480 e. The summed E-state index contributed by atoms with van der Waals surface area (Å²) in [5, 5.41) is 23.2. The van der Waals surface area contributed by atoms with Gasteiger partial charge in [-0.2, -0.15) is 18.3 Å². The van der Waals surface area contributed by atoms with Crippen molar-refractivity contribution in [1.82, 2.24) is 20.4 Å². The van der Waals surface area contributed by atoms with Crippen LogP contribution in [-0.2, 0) is 23.9 Å². The van der Waals surface area contributed by atoms with E-state index in [0.717, 1.165) is 56.4 Å². The number of carbonyl (C=O) groups excluding carboxylic acids is 2. The molecule has 12 nitrogen and oxygen atoms in total. The van der Waals surface area contributed by atoms with Gasteiger partial charge in [0.25, 0.3) is 11.8 Å². The van der Waals surface area contributed by atoms with Crippen molar-refractivity contribution in [3.05, 3.63) is 105 Å². The molecule has 1 unspecified atom stereocenters. The number of nitrogens with two attached hydrogens (primary N) is 1. The number of hydrazone groups is 1. The number of carboxylic acid groups (broad SMARTS) is 1. The minimum Gasteiger partial charge on any atom is -0.480 e. The molecule has 1 aliphatic heterocycles. The number of nitrogens with one attached hydrogen (secondary N) is 2. The molecule has 49 heavy (non-hydrogen) atoms. The molecule has 0 saturated carbocycles. The maximum absolute atomic E-state index is 13.4. The Labute approximate surface area is 283 Å². The molecular weight excluding hydrogens is 665 g/mol. The van der Waals surface area contributed by atoms with Gasteiger partial charge in [0.15, 0.2) is 0 Å². The average molecular weight is 697 g/mol. The molecule has 4 aromatic rings. The highest BCUT2D eigenvalue weighted by Crippen LogP contribution is 2.35. The first-order chi connectivity index (χ1) is 23.4. The highest BCUT2D eigenvalue weighted by molar-refractivity contribution is 6.31. The third-order valence-corrected chi connectivity index (χ3v) is 8.09. The molecule has 256 valence electrons. The van der Waals surface area contributed by atoms with E-state index in [1.54, 1.807) is 42.6 Å². The highest BCUT2D eigenvalue weighted by atomic mass is 35.5. The molecule has 5 N–H and O–H groups in total. The van der Waals surface area contributed by atoms with Crippen molar-refractivity contribution >= 4 is 47.0 Å². The number of nitrogens with zero attached hydrogens (tertiary/aromatic N) is 5. The number of carboxylic acids is 1. The number of rotatable bonds is 11. The second-order valence-corrected chi connectivity index (χ2v) is 11.8. The van der Waals surface area contributed by atoms with Crippen molar-refractivity contribution < 1.29 is 32.7 Å². The molecule has 16 heteroatoms. The van der Waals surface area contributed by atoms with Crippen LogP contribution in [0, 0.1) is 0 Å². The number of alkyl halides is 3. The van der Waals surface area contributed by atoms with Crippen LogP contribution in [0.3, 0.4) is 0 Å². The van der Waals surface area contributed by atoms with Crippen LogP contribution in [0.15, 0.2) is 72.0 Å². The van der Waals surface area contributed by atoms with Gasteiger partial charge < -0.3 is 21.1 Å². The quantitative estimate of drug-likeness (QED) is 0.126. The van der Waals surface area contributed by atoms with Crippen molar-refractivity contribution in [2.75, 3.05) is 23.3 Å². The summed E-state index contributed by atoms with van der Waals surface area (Å²) in [5.74, 6) is -2.34. The number of benzene rings is 3. The fourth-order valence-corrected chi connectivity index (χ4v) is 5.48. The van der Waals surface area contributed by atoms with Gasteiger partial charge in [0, 0.05) is 37.0 Å². The lowest BCUT2D eigenvalue weighted by atomic mass is 10.1. The zero-order chi connectivity index (χ0) is 35.1. The van der Waals surface area contributed by atoms with Gasteiger partial charge in [-0.15, -0.1) is 5.10 Å². The molecule has 2 amide bonds. The number of halogens is 4. The van der Waals surface area contributed by atoms with Crippen LogP contribution in [0.4, 0.5) is 24.5 Å². The summed E-state index contributed by atoms with van der Waals surface area (Å²) in [4.78, 5) is 40.0. The molecule has 1 saturated heterocycles. The zero-order valence-corrected chi connectivity index (χ0v) is 26.7. The van der Waals surface area contributed by atoms with Crippen molar-refractivity contribution in [3.63, 3.8) is 0 Å². The van der Waals surface area contributed by atoms with Crippen LogP contribution in [0.25, 0.3) is 0 Å². The first-order valence-electron chi connectivity index (χ1n) is 15.2. The van der Waals surface area contributed by atoms with Gasteiger partial charge in [0.05, 0.1) is 40.3 Å². The topological polar surface area (TPSA) is 168 Å². The zero-order valence-electron chi connectivity index (χ0n) is 26.0. The SMILES string of the molecule is NC(Cc1cn(Cc2cccc(C(=O)Nc3ccc(N4CCCCC4)cc3C(=O)NN=Cc3ccc(Cl)c(C(F)(F)F)c3)c2)nn1)C(=O)O. The lowest BCUT2D eigenvalue weighted by Gasteiger charge is -2.29. The second kappa shape index (κ2) is 15.3. The van der Waals surface area contributed by atoms with E-state index in [1.807, 2.05) is 6.07 Å². The fraction of sp³-hybridized carbons (Fsp3) is 0.273. The Bertz CT molecular complexity index is 1870. The Morgan fingerprint density at radius 2 is 1.82 bits per heavy atom. The molecule has 1 atom stereocenters. The van der Waals surface area contributed by atoms with Crippen molar-refractivity contribution in [2.24, 2.45) is 10.8 Å². The fourth-order valence-electron chi connectivity index (χ4n) is 5.26. The van der Waals surface area contributed by atoms with Crippen LogP contribution in [0.2, 0.25) is 5.02 Å². The van der Waals surface area contributed by atoms with Gasteiger partial charge in [-0.05, 0) is 72.9 Å². The highest BCUT2D eigenvalue weighted by Gasteiger charge is 2.33. The van der Waals surface area contributed by atoms with Gasteiger partial charge in [-0.3, -0.25) is 14.4 Å². The molecule has 1 aromatic heterocycles. The minimum atomic E-state index is -4.66. The average Bonchev–Trinajstić information content (AvgIpc) is 3.51. The van der Waals surface area contributed by atoms with E-state index in [2.05, 4.69) is 31.1 Å². The van der Waals surface area contributed by atoms with Crippen LogP contribution in [0.5, 0.6) is 0 Å². The standard InChI is InChI=1S/C33H32ClF3N8O4/c34-27-9-7-20(14-26(27)33(35,36)37)17-39-42-31(47)25-16-24(44-11-2-1-3-12-44)8-10-29(25)40-30(46)22-6-4-5-21(13-22)18-45-19-23(41-43-45)15-28(38)32(48)49/h4-10,13-14,16-17,19,28H,1-3,11-12,15,18,38H2,(H,40,46)(H,42,47)(H,48,49). The Hall–Kier alpha value is -5.28. The Balaban J connectivity index is 1.33. The summed E-state index contributed by atoms with van der Waals surface area (Å²) in [6.07, 6.45) is 1.08. The number of carbonyl (C=O) groups is 3. The van der Waals surface area contributed by atoms with E-state index < -0.39 is 40.6 Å². The Morgan fingerprint density at radius 3 is 2.55 bits per heavy atom. The number of hydrogen-bond acceptors (Lipinski definition) is 8. The van der Waals surface area contributed by atoms with Crippen molar-refractivity contribution in [3.8, 4) is 0 Å². The number of amides is 2. The molecule has 0 radical (unpaired) electrons. The smallest absolute Gasteiger partial charge is 0.417 e. The lowest BCUT2D eigenvalue weighted by Crippen LogP contribution is -2.32. The number of aliphatic carboxylic acids is 1. The van der Waals surface area contributed by atoms with Gasteiger partial charge >= 0.3 is 12.1 Å². The van der Waals surface area contributed by atoms with Crippen molar-refractivity contribution in [2.45, 2.75) is 44.4 Å².